The minimum atomic E-state index is 0.588. The third-order valence-electron chi connectivity index (χ3n) is 12.5. The van der Waals surface area contributed by atoms with E-state index in [9.17, 15) is 0 Å². The van der Waals surface area contributed by atoms with Gasteiger partial charge in [0.15, 0.2) is 23.1 Å². The molecule has 10 aromatic carbocycles. The zero-order valence-electron chi connectivity index (χ0n) is 34.4. The van der Waals surface area contributed by atoms with Crippen molar-refractivity contribution in [3.05, 3.63) is 212 Å². The maximum absolute atomic E-state index is 6.65. The second-order valence-corrected chi connectivity index (χ2v) is 16.2. The second kappa shape index (κ2) is 14.4. The molecule has 0 N–H and O–H groups in total. The van der Waals surface area contributed by atoms with E-state index in [2.05, 4.69) is 174 Å². The largest absolute Gasteiger partial charge is 0.435 e. The molecule has 0 aliphatic rings. The van der Waals surface area contributed by atoms with Gasteiger partial charge >= 0.3 is 0 Å². The highest BCUT2D eigenvalue weighted by Gasteiger charge is 2.20. The van der Waals surface area contributed by atoms with Gasteiger partial charge in [0.1, 0.15) is 5.52 Å². The topological polar surface area (TPSA) is 69.6 Å². The summed E-state index contributed by atoms with van der Waals surface area (Å²) in [4.78, 5) is 21.0. The molecule has 0 aliphatic carbocycles. The van der Waals surface area contributed by atoms with Crippen molar-refractivity contribution in [2.24, 2.45) is 0 Å². The van der Waals surface area contributed by atoms with Gasteiger partial charge < -0.3 is 8.98 Å². The summed E-state index contributed by atoms with van der Waals surface area (Å²) in [5, 5.41) is 8.85. The van der Waals surface area contributed by atoms with Gasteiger partial charge in [-0.15, -0.1) is 0 Å². The van der Waals surface area contributed by atoms with Crippen molar-refractivity contribution >= 4 is 65.2 Å². The van der Waals surface area contributed by atoms with E-state index in [1.807, 2.05) is 42.5 Å². The number of nitrogens with zero attached hydrogens (tertiary/aromatic N) is 5. The van der Waals surface area contributed by atoms with Crippen molar-refractivity contribution in [2.45, 2.75) is 0 Å². The smallest absolute Gasteiger partial charge is 0.227 e. The lowest BCUT2D eigenvalue weighted by molar-refractivity contribution is 0.623. The van der Waals surface area contributed by atoms with Crippen LogP contribution in [0.1, 0.15) is 0 Å². The average molecular weight is 818 g/mol. The van der Waals surface area contributed by atoms with E-state index in [0.29, 0.717) is 23.4 Å². The molecule has 6 nitrogen and oxygen atoms in total. The van der Waals surface area contributed by atoms with Crippen LogP contribution in [0.3, 0.4) is 0 Å². The highest BCUT2D eigenvalue weighted by Crippen LogP contribution is 2.41. The summed E-state index contributed by atoms with van der Waals surface area (Å²) in [6, 6.07) is 73.9. The lowest BCUT2D eigenvalue weighted by atomic mass is 9.93. The molecule has 3 heterocycles. The van der Waals surface area contributed by atoms with Gasteiger partial charge in [-0.3, -0.25) is 0 Å². The summed E-state index contributed by atoms with van der Waals surface area (Å²) in [7, 11) is 0. The Labute approximate surface area is 367 Å². The van der Waals surface area contributed by atoms with Gasteiger partial charge in [-0.25, -0.2) is 19.9 Å². The molecular formula is C58H35N5O. The number of rotatable bonds is 6. The Hall–Kier alpha value is -8.74. The van der Waals surface area contributed by atoms with Crippen LogP contribution in [0, 0.1) is 0 Å². The SMILES string of the molecule is c1ccc(-c2nc3ccc4ccc5ccc6c(-c7nc(-c8cccc(-n9c%10ccccc%10c%10ccccc%109)c8)nc(-c8ccccc8-c8ccccc8)n7)cccc6c5c4c3o2)cc1. The molecule has 0 aliphatic heterocycles. The van der Waals surface area contributed by atoms with Crippen LogP contribution in [0.25, 0.3) is 128 Å². The maximum atomic E-state index is 6.65. The molecule has 0 saturated heterocycles. The van der Waals surface area contributed by atoms with E-state index >= 15 is 0 Å². The lowest BCUT2D eigenvalue weighted by Gasteiger charge is -2.15. The number of aromatic nitrogens is 5. The Kier molecular flexibility index (Phi) is 8.11. The van der Waals surface area contributed by atoms with Crippen LogP contribution in [-0.4, -0.2) is 24.5 Å². The average Bonchev–Trinajstić information content (AvgIpc) is 3.97. The first-order valence-electron chi connectivity index (χ1n) is 21.5. The molecular weight excluding hydrogens is 783 g/mol. The molecule has 0 amide bonds. The van der Waals surface area contributed by atoms with Gasteiger partial charge in [-0.05, 0) is 75.1 Å². The van der Waals surface area contributed by atoms with Crippen molar-refractivity contribution < 1.29 is 4.42 Å². The predicted octanol–water partition coefficient (Wildman–Crippen LogP) is 14.9. The highest BCUT2D eigenvalue weighted by molar-refractivity contribution is 6.27. The van der Waals surface area contributed by atoms with Crippen LogP contribution >= 0.6 is 0 Å². The molecule has 0 spiro atoms. The van der Waals surface area contributed by atoms with Crippen molar-refractivity contribution in [2.75, 3.05) is 0 Å². The van der Waals surface area contributed by atoms with Crippen LogP contribution < -0.4 is 0 Å². The Morgan fingerprint density at radius 2 is 0.891 bits per heavy atom. The minimum absolute atomic E-state index is 0.588. The van der Waals surface area contributed by atoms with Crippen molar-refractivity contribution in [1.29, 1.82) is 0 Å². The Bertz CT molecular complexity index is 3910. The van der Waals surface area contributed by atoms with E-state index in [1.165, 1.54) is 10.8 Å². The molecule has 0 radical (unpaired) electrons. The summed E-state index contributed by atoms with van der Waals surface area (Å²) in [6.07, 6.45) is 0. The third kappa shape index (κ3) is 5.73. The molecule has 0 saturated carbocycles. The van der Waals surface area contributed by atoms with Crippen LogP contribution in [0.2, 0.25) is 0 Å². The summed E-state index contributed by atoms with van der Waals surface area (Å²) < 4.78 is 8.98. The first kappa shape index (κ1) is 36.0. The van der Waals surface area contributed by atoms with Crippen LogP contribution in [-0.2, 0) is 0 Å². The number of benzene rings is 10. The van der Waals surface area contributed by atoms with Gasteiger partial charge in [0.2, 0.25) is 5.89 Å². The first-order valence-corrected chi connectivity index (χ1v) is 21.5. The number of para-hydroxylation sites is 2. The van der Waals surface area contributed by atoms with Crippen LogP contribution in [0.15, 0.2) is 217 Å². The molecule has 0 bridgehead atoms. The van der Waals surface area contributed by atoms with E-state index in [0.717, 1.165) is 93.5 Å². The fourth-order valence-corrected chi connectivity index (χ4v) is 9.55. The normalized spacial score (nSPS) is 11.8. The highest BCUT2D eigenvalue weighted by atomic mass is 16.3. The van der Waals surface area contributed by atoms with E-state index < -0.39 is 0 Å². The van der Waals surface area contributed by atoms with Gasteiger partial charge in [0.25, 0.3) is 0 Å². The predicted molar refractivity (Wildman–Crippen MR) is 261 cm³/mol. The van der Waals surface area contributed by atoms with Crippen molar-refractivity contribution in [3.8, 4) is 62.4 Å². The Balaban J connectivity index is 1.05. The van der Waals surface area contributed by atoms with E-state index in [-0.39, 0.29) is 0 Å². The van der Waals surface area contributed by atoms with Crippen LogP contribution in [0.5, 0.6) is 0 Å². The van der Waals surface area contributed by atoms with Crippen molar-refractivity contribution in [3.63, 3.8) is 0 Å². The maximum Gasteiger partial charge on any atom is 0.227 e. The van der Waals surface area contributed by atoms with Gasteiger partial charge in [-0.1, -0.05) is 170 Å². The Morgan fingerprint density at radius 1 is 0.344 bits per heavy atom. The zero-order chi connectivity index (χ0) is 42.1. The summed E-state index contributed by atoms with van der Waals surface area (Å²) >= 11 is 0. The van der Waals surface area contributed by atoms with Crippen LogP contribution in [0.4, 0.5) is 0 Å². The lowest BCUT2D eigenvalue weighted by Crippen LogP contribution is -2.02. The van der Waals surface area contributed by atoms with Gasteiger partial charge in [0.05, 0.1) is 11.0 Å². The quantitative estimate of drug-likeness (QED) is 0.156. The van der Waals surface area contributed by atoms with Gasteiger partial charge in [0, 0.05) is 49.5 Å². The number of fused-ring (bicyclic) bond motifs is 10. The number of hydrogen-bond acceptors (Lipinski definition) is 5. The summed E-state index contributed by atoms with van der Waals surface area (Å²) in [5.74, 6) is 2.38. The number of hydrogen-bond donors (Lipinski definition) is 0. The minimum Gasteiger partial charge on any atom is -0.435 e. The summed E-state index contributed by atoms with van der Waals surface area (Å²) in [6.45, 7) is 0. The fourth-order valence-electron chi connectivity index (χ4n) is 9.55. The molecule has 6 heteroatoms. The molecule has 13 aromatic rings. The number of oxazole rings is 1. The van der Waals surface area contributed by atoms with Crippen molar-refractivity contribution in [1.82, 2.24) is 24.5 Å². The van der Waals surface area contributed by atoms with E-state index in [4.69, 9.17) is 24.4 Å². The molecule has 0 fully saturated rings. The Morgan fingerprint density at radius 3 is 1.66 bits per heavy atom. The molecule has 13 rings (SSSR count). The summed E-state index contributed by atoms with van der Waals surface area (Å²) in [5.41, 5.74) is 10.7. The zero-order valence-corrected chi connectivity index (χ0v) is 34.4. The molecule has 0 atom stereocenters. The molecule has 64 heavy (non-hydrogen) atoms. The van der Waals surface area contributed by atoms with E-state index in [1.54, 1.807) is 0 Å². The first-order chi connectivity index (χ1) is 31.7. The molecule has 3 aromatic heterocycles. The molecule has 298 valence electrons. The monoisotopic (exact) mass is 817 g/mol. The van der Waals surface area contributed by atoms with Gasteiger partial charge in [-0.2, -0.15) is 0 Å². The standard InChI is InChI=1S/C58H35N5O/c1-3-15-36(16-4-1)42-21-7-8-24-47(42)56-60-55(40-19-13-20-41(35-40)63-50-27-11-9-22-44(50)45-23-10-12-28-51(45)63)61-57(62-56)48-26-14-25-46-43(48)33-31-37-29-30-38-32-34-49-54(53(38)52(37)46)64-58(59-49)39-17-5-2-6-18-39/h1-35H. The third-order valence-corrected chi connectivity index (χ3v) is 12.5. The second-order valence-electron chi connectivity index (χ2n) is 16.2. The molecule has 0 unspecified atom stereocenters. The fraction of sp³-hybridized carbons (Fsp3) is 0.